The van der Waals surface area contributed by atoms with Crippen LogP contribution in [0.15, 0.2) is 24.3 Å². The molecule has 0 aliphatic carbocycles. The lowest BCUT2D eigenvalue weighted by Crippen LogP contribution is -2.41. The number of amides is 3. The van der Waals surface area contributed by atoms with Crippen molar-refractivity contribution in [2.24, 2.45) is 0 Å². The van der Waals surface area contributed by atoms with Gasteiger partial charge >= 0.3 is 5.97 Å². The minimum atomic E-state index is -0.839. The van der Waals surface area contributed by atoms with Gasteiger partial charge in [-0.2, -0.15) is 0 Å². The van der Waals surface area contributed by atoms with Crippen molar-refractivity contribution < 1.29 is 23.9 Å². The second-order valence-electron chi connectivity index (χ2n) is 6.30. The standard InChI is InChI=1S/C19H20N4O5S/c1-3-28-18(27)15-10(2)20-19(29-15)23-14(24)9-8-13-17(26)21-12-7-5-4-6-11(12)16(25)22-13/h4-7,13H,3,8-9H2,1-2H3,(H,21,26)(H,22,25)(H,20,23,24). The predicted octanol–water partition coefficient (Wildman–Crippen LogP) is 2.10. The van der Waals surface area contributed by atoms with Gasteiger partial charge in [-0.1, -0.05) is 23.5 Å². The summed E-state index contributed by atoms with van der Waals surface area (Å²) in [5.74, 6) is -1.62. The molecule has 2 heterocycles. The van der Waals surface area contributed by atoms with E-state index in [0.29, 0.717) is 21.8 Å². The van der Waals surface area contributed by atoms with Crippen LogP contribution >= 0.6 is 11.3 Å². The molecule has 29 heavy (non-hydrogen) atoms. The molecule has 0 spiro atoms. The van der Waals surface area contributed by atoms with E-state index in [1.807, 2.05) is 0 Å². The molecule has 1 aliphatic heterocycles. The number of rotatable bonds is 6. The molecular formula is C19H20N4O5S. The van der Waals surface area contributed by atoms with E-state index in [2.05, 4.69) is 20.9 Å². The number of benzene rings is 1. The van der Waals surface area contributed by atoms with E-state index in [1.54, 1.807) is 38.1 Å². The Morgan fingerprint density at radius 1 is 1.28 bits per heavy atom. The fourth-order valence-corrected chi connectivity index (χ4v) is 3.68. The molecule has 1 aliphatic rings. The van der Waals surface area contributed by atoms with Crippen LogP contribution in [-0.2, 0) is 14.3 Å². The number of fused-ring (bicyclic) bond motifs is 1. The fourth-order valence-electron chi connectivity index (χ4n) is 2.81. The van der Waals surface area contributed by atoms with Crippen molar-refractivity contribution in [1.29, 1.82) is 0 Å². The molecule has 10 heteroatoms. The summed E-state index contributed by atoms with van der Waals surface area (Å²) in [4.78, 5) is 53.2. The van der Waals surface area contributed by atoms with Crippen molar-refractivity contribution in [3.8, 4) is 0 Å². The number of anilines is 2. The number of thiazole rings is 1. The summed E-state index contributed by atoms with van der Waals surface area (Å²) in [6, 6.07) is 5.85. The highest BCUT2D eigenvalue weighted by Gasteiger charge is 2.28. The van der Waals surface area contributed by atoms with E-state index in [4.69, 9.17) is 4.74 Å². The van der Waals surface area contributed by atoms with Gasteiger partial charge in [-0.05, 0) is 32.4 Å². The predicted molar refractivity (Wildman–Crippen MR) is 107 cm³/mol. The highest BCUT2D eigenvalue weighted by Crippen LogP contribution is 2.24. The molecule has 3 rings (SSSR count). The highest BCUT2D eigenvalue weighted by atomic mass is 32.1. The molecule has 9 nitrogen and oxygen atoms in total. The van der Waals surface area contributed by atoms with Gasteiger partial charge in [0.25, 0.3) is 5.91 Å². The third kappa shape index (κ3) is 4.77. The molecule has 0 fully saturated rings. The smallest absolute Gasteiger partial charge is 0.350 e. The number of hydrogen-bond donors (Lipinski definition) is 3. The summed E-state index contributed by atoms with van der Waals surface area (Å²) in [7, 11) is 0. The summed E-state index contributed by atoms with van der Waals surface area (Å²) in [5, 5.41) is 8.23. The number of para-hydroxylation sites is 1. The minimum Gasteiger partial charge on any atom is -0.462 e. The lowest BCUT2D eigenvalue weighted by Gasteiger charge is -2.13. The zero-order valence-electron chi connectivity index (χ0n) is 15.9. The molecule has 3 amide bonds. The summed E-state index contributed by atoms with van der Waals surface area (Å²) >= 11 is 1.03. The summed E-state index contributed by atoms with van der Waals surface area (Å²) in [5.41, 5.74) is 1.28. The van der Waals surface area contributed by atoms with E-state index in [9.17, 15) is 19.2 Å². The van der Waals surface area contributed by atoms with Crippen LogP contribution in [0.4, 0.5) is 10.8 Å². The molecule has 0 saturated carbocycles. The molecular weight excluding hydrogens is 396 g/mol. The number of carbonyl (C=O) groups is 4. The fraction of sp³-hybridized carbons (Fsp3) is 0.316. The van der Waals surface area contributed by atoms with E-state index < -0.39 is 12.0 Å². The van der Waals surface area contributed by atoms with Crippen LogP contribution in [0.1, 0.15) is 45.5 Å². The first kappa shape index (κ1) is 20.5. The topological polar surface area (TPSA) is 126 Å². The van der Waals surface area contributed by atoms with Gasteiger partial charge in [-0.15, -0.1) is 0 Å². The van der Waals surface area contributed by atoms with E-state index in [-0.39, 0.29) is 42.3 Å². The van der Waals surface area contributed by atoms with Crippen LogP contribution in [0.5, 0.6) is 0 Å². The van der Waals surface area contributed by atoms with Crippen molar-refractivity contribution in [1.82, 2.24) is 10.3 Å². The normalized spacial score (nSPS) is 15.6. The van der Waals surface area contributed by atoms with Crippen LogP contribution in [0, 0.1) is 6.92 Å². The van der Waals surface area contributed by atoms with Crippen molar-refractivity contribution in [3.63, 3.8) is 0 Å². The van der Waals surface area contributed by atoms with Gasteiger partial charge in [0.05, 0.1) is 23.6 Å². The van der Waals surface area contributed by atoms with Crippen molar-refractivity contribution in [2.75, 3.05) is 17.2 Å². The third-order valence-electron chi connectivity index (χ3n) is 4.22. The van der Waals surface area contributed by atoms with Gasteiger partial charge in [-0.3, -0.25) is 14.4 Å². The Morgan fingerprint density at radius 3 is 2.79 bits per heavy atom. The molecule has 152 valence electrons. The van der Waals surface area contributed by atoms with Crippen LogP contribution in [0.2, 0.25) is 0 Å². The monoisotopic (exact) mass is 416 g/mol. The van der Waals surface area contributed by atoms with Gasteiger partial charge in [0.15, 0.2) is 5.13 Å². The third-order valence-corrected chi connectivity index (χ3v) is 5.27. The molecule has 2 aromatic rings. The maximum atomic E-state index is 12.4. The minimum absolute atomic E-state index is 0.0118. The summed E-state index contributed by atoms with van der Waals surface area (Å²) < 4.78 is 4.95. The van der Waals surface area contributed by atoms with Gasteiger partial charge in [0.2, 0.25) is 11.8 Å². The molecule has 1 aromatic heterocycles. The average molecular weight is 416 g/mol. The number of aryl methyl sites for hydroxylation is 1. The lowest BCUT2D eigenvalue weighted by atomic mass is 10.1. The van der Waals surface area contributed by atoms with E-state index in [1.165, 1.54) is 0 Å². The van der Waals surface area contributed by atoms with Crippen LogP contribution in [0.3, 0.4) is 0 Å². The first-order valence-electron chi connectivity index (χ1n) is 9.04. The Labute approximate surface area is 170 Å². The van der Waals surface area contributed by atoms with Crippen molar-refractivity contribution in [3.05, 3.63) is 40.4 Å². The summed E-state index contributed by atoms with van der Waals surface area (Å²) in [6.45, 7) is 3.61. The molecule has 0 saturated heterocycles. The maximum Gasteiger partial charge on any atom is 0.350 e. The number of esters is 1. The van der Waals surface area contributed by atoms with Gasteiger partial charge < -0.3 is 20.7 Å². The van der Waals surface area contributed by atoms with E-state index in [0.717, 1.165) is 11.3 Å². The Hall–Kier alpha value is -3.27. The first-order chi connectivity index (χ1) is 13.9. The van der Waals surface area contributed by atoms with Crippen LogP contribution in [0.25, 0.3) is 0 Å². The second kappa shape index (κ2) is 8.82. The zero-order chi connectivity index (χ0) is 21.0. The van der Waals surface area contributed by atoms with E-state index >= 15 is 0 Å². The Bertz CT molecular complexity index is 971. The van der Waals surface area contributed by atoms with Crippen LogP contribution < -0.4 is 16.0 Å². The molecule has 1 atom stereocenters. The second-order valence-corrected chi connectivity index (χ2v) is 7.30. The van der Waals surface area contributed by atoms with Crippen molar-refractivity contribution >= 4 is 45.8 Å². The van der Waals surface area contributed by atoms with Gasteiger partial charge in [0, 0.05) is 6.42 Å². The Kier molecular flexibility index (Phi) is 6.23. The van der Waals surface area contributed by atoms with Gasteiger partial charge in [-0.25, -0.2) is 9.78 Å². The Morgan fingerprint density at radius 2 is 2.03 bits per heavy atom. The SMILES string of the molecule is CCOC(=O)c1sc(NC(=O)CCC2NC(=O)c3ccccc3NC2=O)nc1C. The number of nitrogens with one attached hydrogen (secondary N) is 3. The molecule has 1 aromatic carbocycles. The number of ether oxygens (including phenoxy) is 1. The molecule has 3 N–H and O–H groups in total. The largest absolute Gasteiger partial charge is 0.462 e. The quantitative estimate of drug-likeness (QED) is 0.619. The first-order valence-corrected chi connectivity index (χ1v) is 9.85. The number of aromatic nitrogens is 1. The number of carbonyl (C=O) groups excluding carboxylic acids is 4. The number of hydrogen-bond acceptors (Lipinski definition) is 7. The highest BCUT2D eigenvalue weighted by molar-refractivity contribution is 7.17. The number of nitrogens with zero attached hydrogens (tertiary/aromatic N) is 1. The Balaban J connectivity index is 1.58. The molecule has 0 radical (unpaired) electrons. The van der Waals surface area contributed by atoms with Crippen molar-refractivity contribution in [2.45, 2.75) is 32.7 Å². The lowest BCUT2D eigenvalue weighted by molar-refractivity contribution is -0.118. The van der Waals surface area contributed by atoms with Gasteiger partial charge in [0.1, 0.15) is 10.9 Å². The average Bonchev–Trinajstić information content (AvgIpc) is 2.99. The summed E-state index contributed by atoms with van der Waals surface area (Å²) in [6.07, 6.45) is 0.106. The molecule has 0 bridgehead atoms. The molecule has 1 unspecified atom stereocenters. The zero-order valence-corrected chi connectivity index (χ0v) is 16.7. The van der Waals surface area contributed by atoms with Crippen LogP contribution in [-0.4, -0.2) is 41.3 Å². The maximum absolute atomic E-state index is 12.4.